The summed E-state index contributed by atoms with van der Waals surface area (Å²) in [7, 11) is 1.75. The third-order valence-electron chi connectivity index (χ3n) is 4.38. The lowest BCUT2D eigenvalue weighted by Gasteiger charge is -2.38. The van der Waals surface area contributed by atoms with Gasteiger partial charge in [0.15, 0.2) is 0 Å². The van der Waals surface area contributed by atoms with Gasteiger partial charge < -0.3 is 19.8 Å². The number of carbonyl (C=O) groups is 3. The van der Waals surface area contributed by atoms with Crippen LogP contribution in [0, 0.1) is 5.92 Å². The Balaban J connectivity index is 1.78. The van der Waals surface area contributed by atoms with E-state index in [-0.39, 0.29) is 24.9 Å². The highest BCUT2D eigenvalue weighted by Gasteiger charge is 2.30. The second-order valence-corrected chi connectivity index (χ2v) is 5.88. The zero-order valence-corrected chi connectivity index (χ0v) is 12.5. The van der Waals surface area contributed by atoms with E-state index in [1.165, 1.54) is 0 Å². The van der Waals surface area contributed by atoms with Gasteiger partial charge in [0.25, 0.3) is 0 Å². The van der Waals surface area contributed by atoms with E-state index in [1.807, 2.05) is 0 Å². The summed E-state index contributed by atoms with van der Waals surface area (Å²) >= 11 is 0. The van der Waals surface area contributed by atoms with Crippen LogP contribution in [-0.4, -0.2) is 77.5 Å². The number of piperidine rings is 1. The molecule has 0 aromatic heterocycles. The highest BCUT2D eigenvalue weighted by molar-refractivity contribution is 5.85. The number of aliphatic carboxylic acids is 1. The van der Waals surface area contributed by atoms with Gasteiger partial charge in [-0.15, -0.1) is 0 Å². The quantitative estimate of drug-likeness (QED) is 0.820. The molecule has 1 N–H and O–H groups in total. The molecule has 2 heterocycles. The molecule has 0 atom stereocenters. The fraction of sp³-hybridized carbons (Fsp3) is 0.786. The predicted molar refractivity (Wildman–Crippen MR) is 75.8 cm³/mol. The van der Waals surface area contributed by atoms with Crippen molar-refractivity contribution >= 4 is 17.9 Å². The van der Waals surface area contributed by atoms with E-state index >= 15 is 0 Å². The van der Waals surface area contributed by atoms with Crippen LogP contribution >= 0.6 is 0 Å². The van der Waals surface area contributed by atoms with E-state index < -0.39 is 5.97 Å². The molecule has 2 aliphatic rings. The molecule has 0 aromatic rings. The third kappa shape index (κ3) is 4.09. The van der Waals surface area contributed by atoms with Crippen LogP contribution in [0.2, 0.25) is 0 Å². The Morgan fingerprint density at radius 3 is 2.38 bits per heavy atom. The number of carboxylic acid groups (broad SMARTS) is 1. The van der Waals surface area contributed by atoms with E-state index in [9.17, 15) is 14.4 Å². The Bertz CT molecular complexity index is 418. The molecular weight excluding hydrogens is 274 g/mol. The van der Waals surface area contributed by atoms with Crippen molar-refractivity contribution in [1.29, 1.82) is 0 Å². The van der Waals surface area contributed by atoms with Crippen molar-refractivity contribution in [2.75, 3.05) is 39.8 Å². The van der Waals surface area contributed by atoms with Crippen LogP contribution in [0.4, 0.5) is 4.79 Å². The molecule has 0 bridgehead atoms. The second kappa shape index (κ2) is 6.78. The van der Waals surface area contributed by atoms with Crippen molar-refractivity contribution in [3.05, 3.63) is 0 Å². The van der Waals surface area contributed by atoms with Crippen LogP contribution in [-0.2, 0) is 9.59 Å². The fourth-order valence-electron chi connectivity index (χ4n) is 2.86. The summed E-state index contributed by atoms with van der Waals surface area (Å²) in [5.74, 6) is -0.394. The van der Waals surface area contributed by atoms with Gasteiger partial charge in [-0.25, -0.2) is 4.79 Å². The lowest BCUT2D eigenvalue weighted by molar-refractivity contribution is -0.137. The number of hydrogen-bond acceptors (Lipinski definition) is 3. The highest BCUT2D eigenvalue weighted by Crippen LogP contribution is 2.22. The number of likely N-dealkylation sites (tertiary alicyclic amines) is 1. The van der Waals surface area contributed by atoms with Gasteiger partial charge in [-0.05, 0) is 25.2 Å². The van der Waals surface area contributed by atoms with Crippen molar-refractivity contribution in [2.45, 2.75) is 25.7 Å². The Kier molecular flexibility index (Phi) is 5.03. The highest BCUT2D eigenvalue weighted by atomic mass is 16.4. The Labute approximate surface area is 124 Å². The molecule has 0 unspecified atom stereocenters. The van der Waals surface area contributed by atoms with E-state index in [4.69, 9.17) is 5.11 Å². The molecule has 2 saturated heterocycles. The van der Waals surface area contributed by atoms with Gasteiger partial charge in [-0.2, -0.15) is 0 Å². The molecular formula is C14H23N3O4. The molecule has 21 heavy (non-hydrogen) atoms. The first-order valence-electron chi connectivity index (χ1n) is 7.47. The van der Waals surface area contributed by atoms with Gasteiger partial charge in [-0.1, -0.05) is 0 Å². The topological polar surface area (TPSA) is 81.2 Å². The first-order valence-corrected chi connectivity index (χ1v) is 7.47. The van der Waals surface area contributed by atoms with E-state index in [2.05, 4.69) is 0 Å². The Morgan fingerprint density at radius 1 is 1.14 bits per heavy atom. The number of likely N-dealkylation sites (N-methyl/N-ethyl adjacent to an activating group) is 1. The molecule has 0 aromatic carbocycles. The molecule has 0 saturated carbocycles. The zero-order valence-electron chi connectivity index (χ0n) is 12.5. The number of carboxylic acids is 1. The number of piperazine rings is 1. The minimum absolute atomic E-state index is 0.0223. The normalized spacial score (nSPS) is 20.8. The SMILES string of the molecule is CN1CCN(C(=O)N2CCC(CCC(=O)O)CC2)CC1=O. The van der Waals surface area contributed by atoms with Crippen molar-refractivity contribution in [1.82, 2.24) is 14.7 Å². The summed E-state index contributed by atoms with van der Waals surface area (Å²) in [6.07, 6.45) is 2.58. The zero-order chi connectivity index (χ0) is 15.4. The summed E-state index contributed by atoms with van der Waals surface area (Å²) in [6, 6.07) is -0.0619. The second-order valence-electron chi connectivity index (χ2n) is 5.88. The average Bonchev–Trinajstić information content (AvgIpc) is 2.48. The molecule has 7 nitrogen and oxygen atoms in total. The maximum absolute atomic E-state index is 12.4. The molecule has 2 aliphatic heterocycles. The minimum atomic E-state index is -0.760. The van der Waals surface area contributed by atoms with Gasteiger partial charge in [0.05, 0.1) is 0 Å². The first-order chi connectivity index (χ1) is 9.97. The summed E-state index contributed by atoms with van der Waals surface area (Å²) in [6.45, 7) is 2.64. The average molecular weight is 297 g/mol. The minimum Gasteiger partial charge on any atom is -0.481 e. The van der Waals surface area contributed by atoms with Crippen molar-refractivity contribution in [3.8, 4) is 0 Å². The van der Waals surface area contributed by atoms with Crippen LogP contribution in [0.3, 0.4) is 0 Å². The molecule has 3 amide bonds. The Morgan fingerprint density at radius 2 is 1.81 bits per heavy atom. The lowest BCUT2D eigenvalue weighted by Crippen LogP contribution is -2.55. The first kappa shape index (κ1) is 15.6. The van der Waals surface area contributed by atoms with E-state index in [1.54, 1.807) is 21.7 Å². The van der Waals surface area contributed by atoms with E-state index in [0.29, 0.717) is 38.5 Å². The molecule has 0 spiro atoms. The van der Waals surface area contributed by atoms with Gasteiger partial charge in [0.2, 0.25) is 5.91 Å². The molecule has 0 aliphatic carbocycles. The number of amides is 3. The molecule has 2 fully saturated rings. The predicted octanol–water partition coefficient (Wildman–Crippen LogP) is 0.457. The Hall–Kier alpha value is -1.79. The maximum Gasteiger partial charge on any atom is 0.320 e. The largest absolute Gasteiger partial charge is 0.481 e. The van der Waals surface area contributed by atoms with Crippen molar-refractivity contribution < 1.29 is 19.5 Å². The maximum atomic E-state index is 12.4. The molecule has 0 radical (unpaired) electrons. The summed E-state index contributed by atoms with van der Waals surface area (Å²) in [5.41, 5.74) is 0. The number of rotatable bonds is 3. The monoisotopic (exact) mass is 297 g/mol. The standard InChI is InChI=1S/C14H23N3O4/c1-15-8-9-17(10-12(15)18)14(21)16-6-4-11(5-7-16)2-3-13(19)20/h11H,2-10H2,1H3,(H,19,20). The van der Waals surface area contributed by atoms with Gasteiger partial charge >= 0.3 is 12.0 Å². The smallest absolute Gasteiger partial charge is 0.320 e. The molecule has 118 valence electrons. The number of hydrogen-bond donors (Lipinski definition) is 1. The third-order valence-corrected chi connectivity index (χ3v) is 4.38. The van der Waals surface area contributed by atoms with Crippen LogP contribution in [0.1, 0.15) is 25.7 Å². The number of urea groups is 1. The van der Waals surface area contributed by atoms with Crippen LogP contribution in [0.25, 0.3) is 0 Å². The van der Waals surface area contributed by atoms with Crippen LogP contribution in [0.15, 0.2) is 0 Å². The summed E-state index contributed by atoms with van der Waals surface area (Å²) in [4.78, 5) is 39.6. The van der Waals surface area contributed by atoms with Crippen molar-refractivity contribution in [3.63, 3.8) is 0 Å². The van der Waals surface area contributed by atoms with Crippen molar-refractivity contribution in [2.24, 2.45) is 5.92 Å². The van der Waals surface area contributed by atoms with Crippen LogP contribution < -0.4 is 0 Å². The van der Waals surface area contributed by atoms with Crippen LogP contribution in [0.5, 0.6) is 0 Å². The lowest BCUT2D eigenvalue weighted by atomic mass is 9.92. The number of nitrogens with zero attached hydrogens (tertiary/aromatic N) is 3. The molecule has 2 rings (SSSR count). The summed E-state index contributed by atoms with van der Waals surface area (Å²) in [5, 5.41) is 8.69. The number of carbonyl (C=O) groups excluding carboxylic acids is 2. The van der Waals surface area contributed by atoms with Gasteiger partial charge in [0, 0.05) is 39.6 Å². The fourth-order valence-corrected chi connectivity index (χ4v) is 2.86. The summed E-state index contributed by atoms with van der Waals surface area (Å²) < 4.78 is 0. The van der Waals surface area contributed by atoms with E-state index in [0.717, 1.165) is 12.8 Å². The van der Waals surface area contributed by atoms with Gasteiger partial charge in [0.1, 0.15) is 6.54 Å². The molecule has 7 heteroatoms. The van der Waals surface area contributed by atoms with Gasteiger partial charge in [-0.3, -0.25) is 9.59 Å².